The number of carboxylic acids is 1. The van der Waals surface area contributed by atoms with Gasteiger partial charge in [0.1, 0.15) is 6.61 Å². The number of hydrogen-bond donors (Lipinski definition) is 1. The van der Waals surface area contributed by atoms with Crippen LogP contribution in [-0.4, -0.2) is 48.7 Å². The first kappa shape index (κ1) is 15.5. The third kappa shape index (κ3) is 4.04. The Morgan fingerprint density at radius 3 is 2.57 bits per heavy atom. The van der Waals surface area contributed by atoms with Gasteiger partial charge in [-0.15, -0.1) is 0 Å². The molecular formula is C16H21NO4. The highest BCUT2D eigenvalue weighted by Gasteiger charge is 2.23. The van der Waals surface area contributed by atoms with E-state index in [0.29, 0.717) is 11.5 Å². The van der Waals surface area contributed by atoms with Gasteiger partial charge >= 0.3 is 5.97 Å². The maximum Gasteiger partial charge on any atom is 0.335 e. The Morgan fingerprint density at radius 2 is 1.95 bits per heavy atom. The van der Waals surface area contributed by atoms with E-state index in [-0.39, 0.29) is 12.5 Å². The molecule has 0 unspecified atom stereocenters. The minimum absolute atomic E-state index is 0.0295. The second kappa shape index (κ2) is 7.22. The van der Waals surface area contributed by atoms with Crippen LogP contribution in [0.15, 0.2) is 24.3 Å². The molecule has 1 N–H and O–H groups in total. The number of amides is 1. The molecule has 2 rings (SSSR count). The number of nitrogens with zero attached hydrogens (tertiary/aromatic N) is 1. The van der Waals surface area contributed by atoms with E-state index < -0.39 is 5.97 Å². The SMILES string of the molecule is COCC(=O)N1CCC(Cc2ccccc2C(=O)O)CC1. The van der Waals surface area contributed by atoms with E-state index in [1.165, 1.54) is 7.11 Å². The van der Waals surface area contributed by atoms with Crippen LogP contribution in [0.1, 0.15) is 28.8 Å². The normalized spacial score (nSPS) is 16.0. The number of carbonyl (C=O) groups excluding carboxylic acids is 1. The van der Waals surface area contributed by atoms with Gasteiger partial charge in [-0.3, -0.25) is 4.79 Å². The molecule has 21 heavy (non-hydrogen) atoms. The zero-order valence-corrected chi connectivity index (χ0v) is 12.2. The van der Waals surface area contributed by atoms with Gasteiger partial charge in [-0.25, -0.2) is 4.79 Å². The van der Waals surface area contributed by atoms with Gasteiger partial charge in [-0.05, 0) is 36.8 Å². The summed E-state index contributed by atoms with van der Waals surface area (Å²) in [6.07, 6.45) is 2.57. The highest BCUT2D eigenvalue weighted by molar-refractivity contribution is 5.89. The second-order valence-corrected chi connectivity index (χ2v) is 5.42. The lowest BCUT2D eigenvalue weighted by molar-refractivity contribution is -0.136. The summed E-state index contributed by atoms with van der Waals surface area (Å²) in [5, 5.41) is 9.20. The Hall–Kier alpha value is -1.88. The first-order valence-electron chi connectivity index (χ1n) is 7.19. The maximum absolute atomic E-state index is 11.7. The lowest BCUT2D eigenvalue weighted by Crippen LogP contribution is -2.40. The van der Waals surface area contributed by atoms with Gasteiger partial charge in [0.05, 0.1) is 5.56 Å². The van der Waals surface area contributed by atoms with Crippen LogP contribution in [0.25, 0.3) is 0 Å². The molecule has 1 fully saturated rings. The highest BCUT2D eigenvalue weighted by Crippen LogP contribution is 2.23. The number of carboxylic acid groups (broad SMARTS) is 1. The Labute approximate surface area is 124 Å². The van der Waals surface area contributed by atoms with Gasteiger partial charge in [0, 0.05) is 20.2 Å². The van der Waals surface area contributed by atoms with Crippen molar-refractivity contribution in [2.75, 3.05) is 26.8 Å². The molecule has 0 spiro atoms. The predicted molar refractivity (Wildman–Crippen MR) is 78.3 cm³/mol. The lowest BCUT2D eigenvalue weighted by Gasteiger charge is -2.32. The second-order valence-electron chi connectivity index (χ2n) is 5.42. The summed E-state index contributed by atoms with van der Waals surface area (Å²) in [6.45, 7) is 1.58. The molecule has 0 aliphatic carbocycles. The summed E-state index contributed by atoms with van der Waals surface area (Å²) >= 11 is 0. The van der Waals surface area contributed by atoms with Crippen molar-refractivity contribution in [3.63, 3.8) is 0 Å². The number of carbonyl (C=O) groups is 2. The molecular weight excluding hydrogens is 270 g/mol. The number of benzene rings is 1. The van der Waals surface area contributed by atoms with Crippen molar-refractivity contribution in [1.29, 1.82) is 0 Å². The minimum Gasteiger partial charge on any atom is -0.478 e. The summed E-state index contributed by atoms with van der Waals surface area (Å²) in [5.41, 5.74) is 1.27. The van der Waals surface area contributed by atoms with E-state index in [2.05, 4.69) is 0 Å². The molecule has 0 aromatic heterocycles. The van der Waals surface area contributed by atoms with Crippen molar-refractivity contribution < 1.29 is 19.4 Å². The third-order valence-corrected chi connectivity index (χ3v) is 3.99. The van der Waals surface area contributed by atoms with Crippen LogP contribution in [0.5, 0.6) is 0 Å². The summed E-state index contributed by atoms with van der Waals surface area (Å²) in [6, 6.07) is 7.15. The summed E-state index contributed by atoms with van der Waals surface area (Å²) in [4.78, 5) is 24.8. The van der Waals surface area contributed by atoms with Gasteiger partial charge in [-0.1, -0.05) is 18.2 Å². The predicted octanol–water partition coefficient (Wildman–Crippen LogP) is 1.81. The van der Waals surface area contributed by atoms with Gasteiger partial charge < -0.3 is 14.7 Å². The monoisotopic (exact) mass is 291 g/mol. The van der Waals surface area contributed by atoms with E-state index in [1.54, 1.807) is 12.1 Å². The average molecular weight is 291 g/mol. The van der Waals surface area contributed by atoms with Crippen molar-refractivity contribution in [3.05, 3.63) is 35.4 Å². The van der Waals surface area contributed by atoms with Gasteiger partial charge in [0.2, 0.25) is 5.91 Å². The first-order chi connectivity index (χ1) is 10.1. The smallest absolute Gasteiger partial charge is 0.335 e. The van der Waals surface area contributed by atoms with Gasteiger partial charge in [0.25, 0.3) is 0 Å². The van der Waals surface area contributed by atoms with Crippen LogP contribution in [0, 0.1) is 5.92 Å². The molecule has 1 aromatic rings. The van der Waals surface area contributed by atoms with Gasteiger partial charge in [0.15, 0.2) is 0 Å². The molecule has 114 valence electrons. The number of piperidine rings is 1. The average Bonchev–Trinajstić information content (AvgIpc) is 2.48. The van der Waals surface area contributed by atoms with E-state index in [0.717, 1.165) is 37.9 Å². The fourth-order valence-corrected chi connectivity index (χ4v) is 2.82. The van der Waals surface area contributed by atoms with E-state index in [1.807, 2.05) is 17.0 Å². The fourth-order valence-electron chi connectivity index (χ4n) is 2.82. The van der Waals surface area contributed by atoms with Crippen LogP contribution in [0.3, 0.4) is 0 Å². The molecule has 1 aromatic carbocycles. The van der Waals surface area contributed by atoms with E-state index >= 15 is 0 Å². The summed E-state index contributed by atoms with van der Waals surface area (Å²) in [5.74, 6) is -0.419. The van der Waals surface area contributed by atoms with Crippen LogP contribution in [-0.2, 0) is 16.0 Å². The fraction of sp³-hybridized carbons (Fsp3) is 0.500. The molecule has 1 aliphatic rings. The number of methoxy groups -OCH3 is 1. The largest absolute Gasteiger partial charge is 0.478 e. The number of hydrogen-bond acceptors (Lipinski definition) is 3. The quantitative estimate of drug-likeness (QED) is 0.898. The number of aromatic carboxylic acids is 1. The van der Waals surface area contributed by atoms with Crippen LogP contribution >= 0.6 is 0 Å². The molecule has 1 saturated heterocycles. The van der Waals surface area contributed by atoms with Crippen molar-refractivity contribution in [3.8, 4) is 0 Å². The molecule has 5 nitrogen and oxygen atoms in total. The molecule has 1 amide bonds. The van der Waals surface area contributed by atoms with Crippen molar-refractivity contribution in [1.82, 2.24) is 4.90 Å². The van der Waals surface area contributed by atoms with Crippen LogP contribution < -0.4 is 0 Å². The number of likely N-dealkylation sites (tertiary alicyclic amines) is 1. The third-order valence-electron chi connectivity index (χ3n) is 3.99. The zero-order chi connectivity index (χ0) is 15.2. The van der Waals surface area contributed by atoms with Crippen LogP contribution in [0.4, 0.5) is 0 Å². The molecule has 0 radical (unpaired) electrons. The Morgan fingerprint density at radius 1 is 1.29 bits per heavy atom. The zero-order valence-electron chi connectivity index (χ0n) is 12.2. The van der Waals surface area contributed by atoms with E-state index in [4.69, 9.17) is 4.74 Å². The molecule has 0 bridgehead atoms. The molecule has 1 aliphatic heterocycles. The van der Waals surface area contributed by atoms with Gasteiger partial charge in [-0.2, -0.15) is 0 Å². The summed E-state index contributed by atoms with van der Waals surface area (Å²) in [7, 11) is 1.52. The van der Waals surface area contributed by atoms with Crippen molar-refractivity contribution >= 4 is 11.9 Å². The Balaban J connectivity index is 1.92. The number of rotatable bonds is 5. The molecule has 0 atom stereocenters. The van der Waals surface area contributed by atoms with Crippen molar-refractivity contribution in [2.24, 2.45) is 5.92 Å². The summed E-state index contributed by atoms with van der Waals surface area (Å²) < 4.78 is 4.86. The molecule has 1 heterocycles. The first-order valence-corrected chi connectivity index (χ1v) is 7.19. The van der Waals surface area contributed by atoms with E-state index in [9.17, 15) is 14.7 Å². The molecule has 5 heteroatoms. The maximum atomic E-state index is 11.7. The van der Waals surface area contributed by atoms with Crippen LogP contribution in [0.2, 0.25) is 0 Å². The topological polar surface area (TPSA) is 66.8 Å². The Bertz CT molecular complexity index is 507. The highest BCUT2D eigenvalue weighted by atomic mass is 16.5. The standard InChI is InChI=1S/C16H21NO4/c1-21-11-15(18)17-8-6-12(7-9-17)10-13-4-2-3-5-14(13)16(19)20/h2-5,12H,6-11H2,1H3,(H,19,20). The minimum atomic E-state index is -0.877. The van der Waals surface area contributed by atoms with Crippen molar-refractivity contribution in [2.45, 2.75) is 19.3 Å². The number of ether oxygens (including phenoxy) is 1. The lowest BCUT2D eigenvalue weighted by atomic mass is 9.88. The molecule has 0 saturated carbocycles. The Kier molecular flexibility index (Phi) is 5.33.